The van der Waals surface area contributed by atoms with Crippen LogP contribution in [0.2, 0.25) is 0 Å². The number of nitro groups is 1. The molecule has 0 unspecified atom stereocenters. The molecule has 3 rings (SSSR count). The van der Waals surface area contributed by atoms with Crippen LogP contribution in [-0.2, 0) is 20.2 Å². The third-order valence-electron chi connectivity index (χ3n) is 5.70. The fourth-order valence-corrected chi connectivity index (χ4v) is 5.09. The quantitative estimate of drug-likeness (QED) is 0.502. The number of benzene rings is 2. The Balaban J connectivity index is 1.62. The van der Waals surface area contributed by atoms with Crippen molar-refractivity contribution in [2.75, 3.05) is 26.2 Å². The number of carbonyl (C=O) groups is 1. The van der Waals surface area contributed by atoms with Gasteiger partial charge in [0, 0.05) is 44.7 Å². The van der Waals surface area contributed by atoms with E-state index in [1.807, 2.05) is 45.0 Å². The third kappa shape index (κ3) is 5.11. The van der Waals surface area contributed by atoms with E-state index in [0.29, 0.717) is 19.5 Å². The Morgan fingerprint density at radius 1 is 1.00 bits per heavy atom. The van der Waals surface area contributed by atoms with Crippen LogP contribution in [0.25, 0.3) is 0 Å². The first-order valence-electron chi connectivity index (χ1n) is 10.1. The molecule has 0 N–H and O–H groups in total. The molecule has 0 atom stereocenters. The third-order valence-corrected chi connectivity index (χ3v) is 7.62. The van der Waals surface area contributed by atoms with Gasteiger partial charge < -0.3 is 4.90 Å². The number of non-ortho nitro benzene ring substituents is 1. The predicted octanol–water partition coefficient (Wildman–Crippen LogP) is 3.10. The van der Waals surface area contributed by atoms with Gasteiger partial charge in [-0.15, -0.1) is 0 Å². The summed E-state index contributed by atoms with van der Waals surface area (Å²) in [5.41, 5.74) is 1.76. The summed E-state index contributed by atoms with van der Waals surface area (Å²) in [7, 11) is -3.76. The number of nitro benzene ring substituents is 1. The molecule has 31 heavy (non-hydrogen) atoms. The molecule has 1 fully saturated rings. The zero-order valence-electron chi connectivity index (χ0n) is 17.9. The largest absolute Gasteiger partial charge is 0.340 e. The van der Waals surface area contributed by atoms with Crippen molar-refractivity contribution in [3.63, 3.8) is 0 Å². The van der Waals surface area contributed by atoms with E-state index in [1.54, 1.807) is 4.90 Å². The Hall–Kier alpha value is -2.78. The van der Waals surface area contributed by atoms with Crippen molar-refractivity contribution < 1.29 is 18.1 Å². The van der Waals surface area contributed by atoms with E-state index in [2.05, 4.69) is 0 Å². The molecule has 0 radical (unpaired) electrons. The summed E-state index contributed by atoms with van der Waals surface area (Å²) in [6.45, 7) is 7.10. The Morgan fingerprint density at radius 2 is 1.55 bits per heavy atom. The molecule has 2 aromatic carbocycles. The summed E-state index contributed by atoms with van der Waals surface area (Å²) in [6.07, 6.45) is 0.338. The summed E-state index contributed by atoms with van der Waals surface area (Å²) in [5.74, 6) is -0.00189. The number of carbonyl (C=O) groups excluding carboxylic acids is 1. The van der Waals surface area contributed by atoms with E-state index >= 15 is 0 Å². The molecular weight excluding hydrogens is 418 g/mol. The van der Waals surface area contributed by atoms with Crippen LogP contribution in [0.15, 0.2) is 53.4 Å². The Bertz CT molecular complexity index is 1060. The fourth-order valence-electron chi connectivity index (χ4n) is 3.66. The summed E-state index contributed by atoms with van der Waals surface area (Å²) in [5, 5.41) is 10.8. The van der Waals surface area contributed by atoms with Crippen molar-refractivity contribution in [2.24, 2.45) is 0 Å². The molecule has 1 saturated heterocycles. The number of rotatable bonds is 6. The van der Waals surface area contributed by atoms with E-state index < -0.39 is 14.9 Å². The molecule has 9 heteroatoms. The number of amides is 1. The van der Waals surface area contributed by atoms with Crippen LogP contribution in [0.4, 0.5) is 5.69 Å². The SMILES string of the molecule is Cc1ccc(C(C)(C)CC(=O)N2CCN(S(=O)(=O)c3ccc([N+](=O)[O-])cc3)CC2)cc1. The molecule has 1 amide bonds. The van der Waals surface area contributed by atoms with Crippen LogP contribution in [0.3, 0.4) is 0 Å². The highest BCUT2D eigenvalue weighted by Gasteiger charge is 2.32. The van der Waals surface area contributed by atoms with Gasteiger partial charge in [-0.3, -0.25) is 14.9 Å². The monoisotopic (exact) mass is 445 g/mol. The number of aryl methyl sites for hydroxylation is 1. The van der Waals surface area contributed by atoms with Gasteiger partial charge in [0.15, 0.2) is 0 Å². The van der Waals surface area contributed by atoms with Crippen LogP contribution in [-0.4, -0.2) is 54.6 Å². The van der Waals surface area contributed by atoms with E-state index in [4.69, 9.17) is 0 Å². The van der Waals surface area contributed by atoms with Crippen LogP contribution >= 0.6 is 0 Å². The first-order chi connectivity index (χ1) is 14.5. The van der Waals surface area contributed by atoms with Gasteiger partial charge in [0.1, 0.15) is 0 Å². The van der Waals surface area contributed by atoms with Gasteiger partial charge in [0.05, 0.1) is 9.82 Å². The van der Waals surface area contributed by atoms with Crippen LogP contribution in [0.5, 0.6) is 0 Å². The highest BCUT2D eigenvalue weighted by molar-refractivity contribution is 7.89. The zero-order chi connectivity index (χ0) is 22.8. The Labute approximate surface area is 182 Å². The first kappa shape index (κ1) is 22.9. The minimum Gasteiger partial charge on any atom is -0.340 e. The smallest absolute Gasteiger partial charge is 0.269 e. The summed E-state index contributed by atoms with van der Waals surface area (Å²) in [4.78, 5) is 24.8. The van der Waals surface area contributed by atoms with Gasteiger partial charge >= 0.3 is 0 Å². The molecule has 0 bridgehead atoms. The number of nitrogens with zero attached hydrogens (tertiary/aromatic N) is 3. The van der Waals surface area contributed by atoms with Crippen LogP contribution in [0.1, 0.15) is 31.4 Å². The lowest BCUT2D eigenvalue weighted by atomic mass is 9.81. The lowest BCUT2D eigenvalue weighted by Gasteiger charge is -2.36. The topological polar surface area (TPSA) is 101 Å². The number of hydrogen-bond acceptors (Lipinski definition) is 5. The van der Waals surface area contributed by atoms with E-state index in [-0.39, 0.29) is 35.0 Å². The number of piperazine rings is 1. The Kier molecular flexibility index (Phi) is 6.47. The summed E-state index contributed by atoms with van der Waals surface area (Å²) < 4.78 is 27.0. The Morgan fingerprint density at radius 3 is 2.06 bits per heavy atom. The standard InChI is InChI=1S/C22H27N3O5S/c1-17-4-6-18(7-5-17)22(2,3)16-21(26)23-12-14-24(15-13-23)31(29,30)20-10-8-19(9-11-20)25(27)28/h4-11H,12-16H2,1-3H3. The molecule has 1 aliphatic heterocycles. The average molecular weight is 446 g/mol. The lowest BCUT2D eigenvalue weighted by molar-refractivity contribution is -0.384. The molecular formula is C22H27N3O5S. The minimum absolute atomic E-state index is 0.00189. The molecule has 1 aliphatic rings. The van der Waals surface area contributed by atoms with E-state index in [1.165, 1.54) is 28.6 Å². The van der Waals surface area contributed by atoms with E-state index in [9.17, 15) is 23.3 Å². The van der Waals surface area contributed by atoms with Gasteiger partial charge in [-0.05, 0) is 30.0 Å². The van der Waals surface area contributed by atoms with Crippen molar-refractivity contribution in [3.05, 3.63) is 69.8 Å². The first-order valence-corrected chi connectivity index (χ1v) is 11.5. The van der Waals surface area contributed by atoms with Crippen molar-refractivity contribution in [2.45, 2.75) is 37.5 Å². The number of sulfonamides is 1. The van der Waals surface area contributed by atoms with Gasteiger partial charge in [0.2, 0.25) is 15.9 Å². The maximum atomic E-state index is 12.9. The number of hydrogen-bond donors (Lipinski definition) is 0. The zero-order valence-corrected chi connectivity index (χ0v) is 18.8. The van der Waals surface area contributed by atoms with Gasteiger partial charge in [-0.2, -0.15) is 4.31 Å². The minimum atomic E-state index is -3.76. The van der Waals surface area contributed by atoms with Crippen molar-refractivity contribution in [3.8, 4) is 0 Å². The average Bonchev–Trinajstić information content (AvgIpc) is 2.74. The summed E-state index contributed by atoms with van der Waals surface area (Å²) in [6, 6.07) is 13.0. The van der Waals surface area contributed by atoms with Crippen LogP contribution < -0.4 is 0 Å². The summed E-state index contributed by atoms with van der Waals surface area (Å²) >= 11 is 0. The molecule has 0 aliphatic carbocycles. The molecule has 2 aromatic rings. The fraction of sp³-hybridized carbons (Fsp3) is 0.409. The predicted molar refractivity (Wildman–Crippen MR) is 117 cm³/mol. The highest BCUT2D eigenvalue weighted by atomic mass is 32.2. The molecule has 0 saturated carbocycles. The van der Waals surface area contributed by atoms with Gasteiger partial charge in [-0.25, -0.2) is 8.42 Å². The highest BCUT2D eigenvalue weighted by Crippen LogP contribution is 2.29. The molecule has 8 nitrogen and oxygen atoms in total. The molecule has 0 spiro atoms. The molecule has 0 aromatic heterocycles. The second-order valence-electron chi connectivity index (χ2n) is 8.46. The van der Waals surface area contributed by atoms with Gasteiger partial charge in [0.25, 0.3) is 5.69 Å². The lowest BCUT2D eigenvalue weighted by Crippen LogP contribution is -2.51. The maximum absolute atomic E-state index is 12.9. The van der Waals surface area contributed by atoms with Gasteiger partial charge in [-0.1, -0.05) is 43.7 Å². The van der Waals surface area contributed by atoms with Crippen molar-refractivity contribution >= 4 is 21.6 Å². The van der Waals surface area contributed by atoms with Crippen LogP contribution in [0, 0.1) is 17.0 Å². The molecule has 166 valence electrons. The maximum Gasteiger partial charge on any atom is 0.269 e. The van der Waals surface area contributed by atoms with Crippen molar-refractivity contribution in [1.82, 2.24) is 9.21 Å². The second-order valence-corrected chi connectivity index (χ2v) is 10.4. The van der Waals surface area contributed by atoms with E-state index in [0.717, 1.165) is 11.1 Å². The molecule has 1 heterocycles. The second kappa shape index (κ2) is 8.76. The normalized spacial score (nSPS) is 15.6. The van der Waals surface area contributed by atoms with Crippen molar-refractivity contribution in [1.29, 1.82) is 0 Å².